The maximum atomic E-state index is 11.9. The number of fused-ring (bicyclic) bond motifs is 5. The molecule has 0 radical (unpaired) electrons. The lowest BCUT2D eigenvalue weighted by Crippen LogP contribution is -2.65. The van der Waals surface area contributed by atoms with Crippen molar-refractivity contribution in [3.8, 4) is 0 Å². The number of amides is 1. The minimum Gasteiger partial charge on any atom is -0.481 e. The summed E-state index contributed by atoms with van der Waals surface area (Å²) in [5.41, 5.74) is 0.165. The molecule has 0 aromatic heterocycles. The van der Waals surface area contributed by atoms with Gasteiger partial charge in [0, 0.05) is 13.3 Å². The monoisotopic (exact) mass is 595 g/mol. The lowest BCUT2D eigenvalue weighted by molar-refractivity contribution is -0.291. The number of nitrogens with one attached hydrogen (secondary N) is 1. The summed E-state index contributed by atoms with van der Waals surface area (Å²) in [6.45, 7) is 7.87. The van der Waals surface area contributed by atoms with Crippen molar-refractivity contribution >= 4 is 11.9 Å². The van der Waals surface area contributed by atoms with Gasteiger partial charge in [-0.15, -0.1) is 0 Å². The molecule has 0 bridgehead atoms. The minimum absolute atomic E-state index is 0.0235. The number of aliphatic hydroxyl groups excluding tert-OH is 4. The van der Waals surface area contributed by atoms with E-state index in [0.717, 1.165) is 51.4 Å². The second-order valence-corrected chi connectivity index (χ2v) is 14.9. The van der Waals surface area contributed by atoms with Gasteiger partial charge in [0.2, 0.25) is 5.91 Å². The van der Waals surface area contributed by atoms with Crippen molar-refractivity contribution in [3.05, 3.63) is 0 Å². The van der Waals surface area contributed by atoms with Crippen LogP contribution in [0.25, 0.3) is 0 Å². The lowest BCUT2D eigenvalue weighted by Gasteiger charge is -2.62. The summed E-state index contributed by atoms with van der Waals surface area (Å²) in [6, 6.07) is -0.974. The lowest BCUT2D eigenvalue weighted by atomic mass is 9.43. The molecule has 240 valence electrons. The zero-order valence-corrected chi connectivity index (χ0v) is 25.7. The molecule has 1 saturated heterocycles. The highest BCUT2D eigenvalue weighted by atomic mass is 16.7. The van der Waals surface area contributed by atoms with Gasteiger partial charge in [-0.05, 0) is 104 Å². The SMILES string of the molecule is CC(=O)N[C@H]1[C@H](O[C@@H]2CC[C@]3(C)[C@H]4CC[C@]5(C)[C@@H]([C@H](C)CCC(=O)O)CC[C@H]5[C@@H]4C[C@@H](O)[C@@H]3C2)O[C@H](CO)[C@@H](O)[C@@H]1O. The number of hydrogen-bond acceptors (Lipinski definition) is 8. The van der Waals surface area contributed by atoms with Crippen LogP contribution in [0.15, 0.2) is 0 Å². The van der Waals surface area contributed by atoms with Crippen LogP contribution in [0.5, 0.6) is 0 Å². The van der Waals surface area contributed by atoms with E-state index < -0.39 is 49.3 Å². The van der Waals surface area contributed by atoms with Crippen molar-refractivity contribution in [2.45, 2.75) is 135 Å². The Kier molecular flexibility index (Phi) is 9.36. The van der Waals surface area contributed by atoms with E-state index in [1.54, 1.807) is 0 Å². The van der Waals surface area contributed by atoms with Crippen LogP contribution in [0, 0.1) is 46.3 Å². The van der Waals surface area contributed by atoms with E-state index >= 15 is 0 Å². The molecule has 10 nitrogen and oxygen atoms in total. The second-order valence-electron chi connectivity index (χ2n) is 14.9. The predicted octanol–water partition coefficient (Wildman–Crippen LogP) is 2.45. The Bertz CT molecular complexity index is 995. The van der Waals surface area contributed by atoms with E-state index in [-0.39, 0.29) is 35.2 Å². The molecule has 15 atom stereocenters. The summed E-state index contributed by atoms with van der Waals surface area (Å²) >= 11 is 0. The Hall–Kier alpha value is -1.30. The van der Waals surface area contributed by atoms with Gasteiger partial charge in [0.1, 0.15) is 24.4 Å². The molecule has 0 aromatic carbocycles. The normalized spacial score (nSPS) is 49.3. The predicted molar refractivity (Wildman–Crippen MR) is 153 cm³/mol. The van der Waals surface area contributed by atoms with Gasteiger partial charge in [-0.2, -0.15) is 0 Å². The van der Waals surface area contributed by atoms with E-state index in [2.05, 4.69) is 26.1 Å². The molecule has 1 amide bonds. The number of ether oxygens (including phenoxy) is 2. The van der Waals surface area contributed by atoms with Gasteiger partial charge >= 0.3 is 5.97 Å². The molecule has 5 fully saturated rings. The minimum atomic E-state index is -1.36. The van der Waals surface area contributed by atoms with Crippen LogP contribution in [0.1, 0.15) is 91.9 Å². The van der Waals surface area contributed by atoms with Gasteiger partial charge in [0.15, 0.2) is 6.29 Å². The topological polar surface area (TPSA) is 166 Å². The van der Waals surface area contributed by atoms with Gasteiger partial charge in [-0.1, -0.05) is 20.8 Å². The van der Waals surface area contributed by atoms with Crippen molar-refractivity contribution in [3.63, 3.8) is 0 Å². The molecule has 4 saturated carbocycles. The van der Waals surface area contributed by atoms with E-state index in [4.69, 9.17) is 9.47 Å². The maximum absolute atomic E-state index is 11.9. The Morgan fingerprint density at radius 3 is 2.33 bits per heavy atom. The molecule has 10 heteroatoms. The van der Waals surface area contributed by atoms with Gasteiger partial charge in [-0.3, -0.25) is 9.59 Å². The van der Waals surface area contributed by atoms with Crippen LogP contribution in [-0.2, 0) is 19.1 Å². The fourth-order valence-corrected chi connectivity index (χ4v) is 10.7. The smallest absolute Gasteiger partial charge is 0.303 e. The molecule has 1 aliphatic heterocycles. The van der Waals surface area contributed by atoms with Crippen molar-refractivity contribution < 1.29 is 44.6 Å². The quantitative estimate of drug-likeness (QED) is 0.231. The molecule has 42 heavy (non-hydrogen) atoms. The first kappa shape index (κ1) is 32.1. The standard InChI is InChI=1S/C32H53NO9/c1-16(5-8-26(37)38)20-6-7-21-19-14-24(36)23-13-18(9-11-32(23,4)22(19)10-12-31(20,21)3)41-30-27(33-17(2)35)29(40)28(39)25(15-34)42-30/h16,18-25,27-30,34,36,39-40H,5-15H2,1-4H3,(H,33,35)(H,37,38)/t16-,18-,19+,20-,21+,22+,23+,24-,25-,27-,28-,29-,30-,31-,32-/m1/s1. The third kappa shape index (κ3) is 5.65. The Morgan fingerprint density at radius 2 is 1.67 bits per heavy atom. The first-order chi connectivity index (χ1) is 19.8. The highest BCUT2D eigenvalue weighted by molar-refractivity contribution is 5.73. The number of rotatable bonds is 8. The summed E-state index contributed by atoms with van der Waals surface area (Å²) in [6.07, 6.45) is 3.14. The molecule has 1 heterocycles. The van der Waals surface area contributed by atoms with E-state index in [1.165, 1.54) is 6.92 Å². The third-order valence-electron chi connectivity index (χ3n) is 12.8. The Balaban J connectivity index is 1.28. The van der Waals surface area contributed by atoms with Crippen LogP contribution in [0.2, 0.25) is 0 Å². The molecular formula is C32H53NO9. The summed E-state index contributed by atoms with van der Waals surface area (Å²) in [5, 5.41) is 54.3. The molecular weight excluding hydrogens is 542 g/mol. The fourth-order valence-electron chi connectivity index (χ4n) is 10.7. The molecule has 0 unspecified atom stereocenters. The zero-order chi connectivity index (χ0) is 30.6. The zero-order valence-electron chi connectivity index (χ0n) is 25.7. The van der Waals surface area contributed by atoms with Crippen LogP contribution in [-0.4, -0.2) is 86.9 Å². The van der Waals surface area contributed by atoms with Gasteiger partial charge in [-0.25, -0.2) is 0 Å². The van der Waals surface area contributed by atoms with E-state index in [9.17, 15) is 35.1 Å². The average molecular weight is 596 g/mol. The summed E-state index contributed by atoms with van der Waals surface area (Å²) in [4.78, 5) is 23.1. The van der Waals surface area contributed by atoms with Crippen molar-refractivity contribution in [2.24, 2.45) is 46.3 Å². The Labute approximate surface area is 249 Å². The molecule has 4 aliphatic carbocycles. The maximum Gasteiger partial charge on any atom is 0.303 e. The number of carbonyl (C=O) groups is 2. The van der Waals surface area contributed by atoms with Crippen molar-refractivity contribution in [1.82, 2.24) is 5.32 Å². The van der Waals surface area contributed by atoms with Gasteiger partial charge < -0.3 is 40.3 Å². The summed E-state index contributed by atoms with van der Waals surface area (Å²) in [7, 11) is 0. The van der Waals surface area contributed by atoms with Gasteiger partial charge in [0.05, 0.1) is 18.8 Å². The second kappa shape index (κ2) is 12.2. The first-order valence-electron chi connectivity index (χ1n) is 16.2. The van der Waals surface area contributed by atoms with Gasteiger partial charge in [0.25, 0.3) is 0 Å². The Morgan fingerprint density at radius 1 is 0.976 bits per heavy atom. The number of hydrogen-bond donors (Lipinski definition) is 6. The molecule has 5 rings (SSSR count). The van der Waals surface area contributed by atoms with Crippen LogP contribution < -0.4 is 5.32 Å². The number of aliphatic hydroxyl groups is 4. The highest BCUT2D eigenvalue weighted by Crippen LogP contribution is 2.68. The van der Waals surface area contributed by atoms with Crippen molar-refractivity contribution in [1.29, 1.82) is 0 Å². The summed E-state index contributed by atoms with van der Waals surface area (Å²) in [5.74, 6) is 1.39. The van der Waals surface area contributed by atoms with E-state index in [1.807, 2.05) is 0 Å². The molecule has 6 N–H and O–H groups in total. The van der Waals surface area contributed by atoms with Crippen LogP contribution >= 0.6 is 0 Å². The largest absolute Gasteiger partial charge is 0.481 e. The number of aliphatic carboxylic acids is 1. The third-order valence-corrected chi connectivity index (χ3v) is 12.8. The molecule has 5 aliphatic rings. The number of carboxylic acid groups (broad SMARTS) is 1. The van der Waals surface area contributed by atoms with Crippen LogP contribution in [0.4, 0.5) is 0 Å². The highest BCUT2D eigenvalue weighted by Gasteiger charge is 2.62. The fraction of sp³-hybridized carbons (Fsp3) is 0.938. The molecule has 0 aromatic rings. The van der Waals surface area contributed by atoms with Crippen LogP contribution in [0.3, 0.4) is 0 Å². The number of carboxylic acids is 1. The molecule has 0 spiro atoms. The average Bonchev–Trinajstić information content (AvgIpc) is 3.29. The number of carbonyl (C=O) groups excluding carboxylic acids is 1. The van der Waals surface area contributed by atoms with E-state index in [0.29, 0.717) is 36.0 Å². The first-order valence-corrected chi connectivity index (χ1v) is 16.2. The van der Waals surface area contributed by atoms with Crippen molar-refractivity contribution in [2.75, 3.05) is 6.61 Å². The summed E-state index contributed by atoms with van der Waals surface area (Å²) < 4.78 is 12.2.